The molecule has 1 N–H and O–H groups in total. The highest BCUT2D eigenvalue weighted by molar-refractivity contribution is 5.70. The van der Waals surface area contributed by atoms with E-state index in [4.69, 9.17) is 10.4 Å². The number of hydrogen-bond donors (Lipinski definition) is 1. The molecule has 0 heterocycles. The monoisotopic (exact) mass is 294 g/mol. The normalized spacial score (nSPS) is 11.5. The molecule has 0 saturated heterocycles. The first-order valence-corrected chi connectivity index (χ1v) is 7.12. The molecule has 0 saturated carbocycles. The number of carboxylic acids is 1. The van der Waals surface area contributed by atoms with Gasteiger partial charge in [-0.25, -0.2) is 0 Å². The SMILES string of the molecule is CC(CN(Cc1ccccc1)c1cccc(C#N)c1)C(=O)O. The van der Waals surface area contributed by atoms with Crippen LogP contribution in [0.1, 0.15) is 18.1 Å². The molecule has 0 spiro atoms. The summed E-state index contributed by atoms with van der Waals surface area (Å²) in [5, 5.41) is 18.2. The molecule has 0 aliphatic heterocycles. The maximum atomic E-state index is 11.2. The molecule has 0 radical (unpaired) electrons. The van der Waals surface area contributed by atoms with Gasteiger partial charge in [-0.05, 0) is 23.8 Å². The van der Waals surface area contributed by atoms with E-state index in [0.717, 1.165) is 11.3 Å². The first kappa shape index (κ1) is 15.6. The van der Waals surface area contributed by atoms with Gasteiger partial charge in [0.05, 0.1) is 17.6 Å². The number of aliphatic carboxylic acids is 1. The molecule has 0 fully saturated rings. The maximum absolute atomic E-state index is 11.2. The summed E-state index contributed by atoms with van der Waals surface area (Å²) in [4.78, 5) is 13.2. The number of benzene rings is 2. The van der Waals surface area contributed by atoms with Crippen molar-refractivity contribution in [2.45, 2.75) is 13.5 Å². The van der Waals surface area contributed by atoms with Gasteiger partial charge in [0.1, 0.15) is 0 Å². The summed E-state index contributed by atoms with van der Waals surface area (Å²) >= 11 is 0. The third-order valence-corrected chi connectivity index (χ3v) is 3.47. The third kappa shape index (κ3) is 4.10. The molecule has 112 valence electrons. The predicted molar refractivity (Wildman–Crippen MR) is 85.4 cm³/mol. The molecule has 2 aromatic carbocycles. The Bertz CT molecular complexity index is 677. The molecular weight excluding hydrogens is 276 g/mol. The summed E-state index contributed by atoms with van der Waals surface area (Å²) in [6.45, 7) is 2.68. The Morgan fingerprint density at radius 1 is 1.23 bits per heavy atom. The van der Waals surface area contributed by atoms with Crippen molar-refractivity contribution in [1.29, 1.82) is 5.26 Å². The van der Waals surface area contributed by atoms with Crippen LogP contribution in [0, 0.1) is 17.2 Å². The fourth-order valence-corrected chi connectivity index (χ4v) is 2.25. The molecule has 1 unspecified atom stereocenters. The number of anilines is 1. The third-order valence-electron chi connectivity index (χ3n) is 3.47. The van der Waals surface area contributed by atoms with Crippen LogP contribution in [0.4, 0.5) is 5.69 Å². The number of carbonyl (C=O) groups is 1. The van der Waals surface area contributed by atoms with Crippen molar-refractivity contribution in [3.63, 3.8) is 0 Å². The summed E-state index contributed by atoms with van der Waals surface area (Å²) < 4.78 is 0. The Labute approximate surface area is 130 Å². The van der Waals surface area contributed by atoms with Crippen molar-refractivity contribution in [3.8, 4) is 6.07 Å². The zero-order valence-corrected chi connectivity index (χ0v) is 12.4. The Morgan fingerprint density at radius 3 is 2.59 bits per heavy atom. The van der Waals surface area contributed by atoms with Crippen LogP contribution in [-0.2, 0) is 11.3 Å². The molecule has 0 bridgehead atoms. The number of hydrogen-bond acceptors (Lipinski definition) is 3. The lowest BCUT2D eigenvalue weighted by Gasteiger charge is -2.27. The van der Waals surface area contributed by atoms with Gasteiger partial charge < -0.3 is 10.0 Å². The average Bonchev–Trinajstić information content (AvgIpc) is 2.55. The molecule has 2 aromatic rings. The molecule has 1 atom stereocenters. The van der Waals surface area contributed by atoms with Crippen molar-refractivity contribution >= 4 is 11.7 Å². The number of carboxylic acid groups (broad SMARTS) is 1. The molecule has 4 nitrogen and oxygen atoms in total. The minimum Gasteiger partial charge on any atom is -0.481 e. The van der Waals surface area contributed by atoms with Gasteiger partial charge >= 0.3 is 5.97 Å². The Kier molecular flexibility index (Phi) is 5.16. The highest BCUT2D eigenvalue weighted by Gasteiger charge is 2.17. The van der Waals surface area contributed by atoms with Crippen LogP contribution in [0.25, 0.3) is 0 Å². The van der Waals surface area contributed by atoms with E-state index in [1.54, 1.807) is 19.1 Å². The first-order valence-electron chi connectivity index (χ1n) is 7.12. The van der Waals surface area contributed by atoms with Crippen LogP contribution < -0.4 is 4.90 Å². The molecule has 2 rings (SSSR count). The van der Waals surface area contributed by atoms with Crippen LogP contribution in [-0.4, -0.2) is 17.6 Å². The predicted octanol–water partition coefficient (Wildman–Crippen LogP) is 3.29. The van der Waals surface area contributed by atoms with E-state index in [1.807, 2.05) is 47.4 Å². The lowest BCUT2D eigenvalue weighted by molar-refractivity contribution is -0.140. The number of nitrogens with zero attached hydrogens (tertiary/aromatic N) is 2. The van der Waals surface area contributed by atoms with Crippen LogP contribution >= 0.6 is 0 Å². The largest absolute Gasteiger partial charge is 0.481 e. The zero-order chi connectivity index (χ0) is 15.9. The second kappa shape index (κ2) is 7.28. The fraction of sp³-hybridized carbons (Fsp3) is 0.222. The van der Waals surface area contributed by atoms with E-state index in [9.17, 15) is 4.79 Å². The van der Waals surface area contributed by atoms with Gasteiger partial charge in [-0.2, -0.15) is 5.26 Å². The van der Waals surface area contributed by atoms with E-state index in [0.29, 0.717) is 18.7 Å². The van der Waals surface area contributed by atoms with Crippen molar-refractivity contribution in [1.82, 2.24) is 0 Å². The van der Waals surface area contributed by atoms with Gasteiger partial charge in [0.25, 0.3) is 0 Å². The minimum absolute atomic E-state index is 0.388. The average molecular weight is 294 g/mol. The van der Waals surface area contributed by atoms with Gasteiger partial charge in [0.15, 0.2) is 0 Å². The van der Waals surface area contributed by atoms with Gasteiger partial charge in [-0.15, -0.1) is 0 Å². The lowest BCUT2D eigenvalue weighted by atomic mass is 10.1. The zero-order valence-electron chi connectivity index (χ0n) is 12.4. The summed E-state index contributed by atoms with van der Waals surface area (Å²) in [5.74, 6) is -1.32. The number of rotatable bonds is 6. The van der Waals surface area contributed by atoms with Crippen molar-refractivity contribution < 1.29 is 9.90 Å². The summed E-state index contributed by atoms with van der Waals surface area (Å²) in [6, 6.07) is 19.2. The van der Waals surface area contributed by atoms with Gasteiger partial charge in [0, 0.05) is 18.8 Å². The molecule has 22 heavy (non-hydrogen) atoms. The Balaban J connectivity index is 2.28. The minimum atomic E-state index is -0.825. The Morgan fingerprint density at radius 2 is 1.95 bits per heavy atom. The van der Waals surface area contributed by atoms with E-state index in [2.05, 4.69) is 6.07 Å². The fourth-order valence-electron chi connectivity index (χ4n) is 2.25. The molecular formula is C18H18N2O2. The van der Waals surface area contributed by atoms with Gasteiger partial charge in [0.2, 0.25) is 0 Å². The van der Waals surface area contributed by atoms with Crippen LogP contribution in [0.2, 0.25) is 0 Å². The van der Waals surface area contributed by atoms with Gasteiger partial charge in [-0.3, -0.25) is 4.79 Å². The van der Waals surface area contributed by atoms with Crippen LogP contribution in [0.15, 0.2) is 54.6 Å². The number of nitriles is 1. The second-order valence-corrected chi connectivity index (χ2v) is 5.27. The molecule has 0 amide bonds. The van der Waals surface area contributed by atoms with Crippen molar-refractivity contribution in [2.75, 3.05) is 11.4 Å². The standard InChI is InChI=1S/C18H18N2O2/c1-14(18(21)22)12-20(13-15-6-3-2-4-7-15)17-9-5-8-16(10-17)11-19/h2-10,14H,12-13H2,1H3,(H,21,22). The lowest BCUT2D eigenvalue weighted by Crippen LogP contribution is -2.31. The first-order chi connectivity index (χ1) is 10.6. The summed E-state index contributed by atoms with van der Waals surface area (Å²) in [7, 11) is 0. The topological polar surface area (TPSA) is 64.3 Å². The molecule has 4 heteroatoms. The highest BCUT2D eigenvalue weighted by atomic mass is 16.4. The quantitative estimate of drug-likeness (QED) is 0.888. The summed E-state index contributed by atoms with van der Waals surface area (Å²) in [6.07, 6.45) is 0. The molecule has 0 aliphatic rings. The van der Waals surface area contributed by atoms with Crippen molar-refractivity contribution in [3.05, 3.63) is 65.7 Å². The van der Waals surface area contributed by atoms with Gasteiger partial charge in [-0.1, -0.05) is 43.3 Å². The van der Waals surface area contributed by atoms with Crippen LogP contribution in [0.3, 0.4) is 0 Å². The smallest absolute Gasteiger partial charge is 0.308 e. The second-order valence-electron chi connectivity index (χ2n) is 5.27. The maximum Gasteiger partial charge on any atom is 0.308 e. The highest BCUT2D eigenvalue weighted by Crippen LogP contribution is 2.20. The molecule has 0 aliphatic carbocycles. The van der Waals surface area contributed by atoms with E-state index in [-0.39, 0.29) is 0 Å². The van der Waals surface area contributed by atoms with E-state index in [1.165, 1.54) is 0 Å². The van der Waals surface area contributed by atoms with E-state index >= 15 is 0 Å². The van der Waals surface area contributed by atoms with Crippen LogP contribution in [0.5, 0.6) is 0 Å². The van der Waals surface area contributed by atoms with Crippen molar-refractivity contribution in [2.24, 2.45) is 5.92 Å². The van der Waals surface area contributed by atoms with E-state index < -0.39 is 11.9 Å². The summed E-state index contributed by atoms with van der Waals surface area (Å²) in [5.41, 5.74) is 2.52. The molecule has 0 aromatic heterocycles. The Hall–Kier alpha value is -2.80.